The van der Waals surface area contributed by atoms with Gasteiger partial charge < -0.3 is 9.84 Å². The molecule has 1 fully saturated rings. The van der Waals surface area contributed by atoms with Gasteiger partial charge in [-0.3, -0.25) is 9.78 Å². The number of aromatic nitrogens is 1. The Morgan fingerprint density at radius 1 is 1.32 bits per heavy atom. The topological polar surface area (TPSA) is 59.4 Å². The second-order valence-corrected chi connectivity index (χ2v) is 4.80. The number of para-hydroxylation sites is 1. The van der Waals surface area contributed by atoms with Crippen molar-refractivity contribution in [1.29, 1.82) is 0 Å². The molecule has 1 aliphatic rings. The fourth-order valence-corrected chi connectivity index (χ4v) is 2.71. The SMILES string of the molecule is O=C(O)C1CCCOC1c1ccnc2ccccc12. The summed E-state index contributed by atoms with van der Waals surface area (Å²) in [5, 5.41) is 10.3. The van der Waals surface area contributed by atoms with Crippen LogP contribution in [-0.2, 0) is 9.53 Å². The van der Waals surface area contributed by atoms with Gasteiger partial charge in [0.15, 0.2) is 0 Å². The molecule has 0 amide bonds. The number of hydrogen-bond acceptors (Lipinski definition) is 3. The molecule has 98 valence electrons. The molecular formula is C15H15NO3. The molecule has 3 rings (SSSR count). The summed E-state index contributed by atoms with van der Waals surface area (Å²) in [4.78, 5) is 15.7. The van der Waals surface area contributed by atoms with Gasteiger partial charge in [0.2, 0.25) is 0 Å². The van der Waals surface area contributed by atoms with Crippen molar-refractivity contribution >= 4 is 16.9 Å². The second-order valence-electron chi connectivity index (χ2n) is 4.80. The maximum absolute atomic E-state index is 11.4. The van der Waals surface area contributed by atoms with E-state index >= 15 is 0 Å². The van der Waals surface area contributed by atoms with E-state index in [1.54, 1.807) is 6.20 Å². The average Bonchev–Trinajstić information content (AvgIpc) is 2.46. The molecule has 1 aromatic heterocycles. The van der Waals surface area contributed by atoms with Crippen LogP contribution in [0.15, 0.2) is 36.5 Å². The molecule has 0 aliphatic carbocycles. The summed E-state index contributed by atoms with van der Waals surface area (Å²) in [6, 6.07) is 9.63. The third-order valence-corrected chi connectivity index (χ3v) is 3.63. The summed E-state index contributed by atoms with van der Waals surface area (Å²) >= 11 is 0. The quantitative estimate of drug-likeness (QED) is 0.898. The minimum absolute atomic E-state index is 0.376. The van der Waals surface area contributed by atoms with E-state index < -0.39 is 11.9 Å². The van der Waals surface area contributed by atoms with E-state index in [0.29, 0.717) is 13.0 Å². The van der Waals surface area contributed by atoms with Crippen LogP contribution in [0.3, 0.4) is 0 Å². The summed E-state index contributed by atoms with van der Waals surface area (Å²) in [5.74, 6) is -1.26. The number of pyridine rings is 1. The second kappa shape index (κ2) is 4.97. The minimum Gasteiger partial charge on any atom is -0.481 e. The van der Waals surface area contributed by atoms with Crippen LogP contribution in [0.2, 0.25) is 0 Å². The Kier molecular flexibility index (Phi) is 3.17. The first-order valence-electron chi connectivity index (χ1n) is 6.45. The average molecular weight is 257 g/mol. The standard InChI is InChI=1S/C15H15NO3/c17-15(18)12-5-3-9-19-14(12)11-7-8-16-13-6-2-1-4-10(11)13/h1-2,4,6-8,12,14H,3,5,9H2,(H,17,18). The van der Waals surface area contributed by atoms with Gasteiger partial charge in [-0.1, -0.05) is 18.2 Å². The number of aliphatic carboxylic acids is 1. The van der Waals surface area contributed by atoms with Crippen LogP contribution < -0.4 is 0 Å². The molecule has 19 heavy (non-hydrogen) atoms. The molecule has 2 heterocycles. The number of carboxylic acids is 1. The van der Waals surface area contributed by atoms with Crippen LogP contribution in [0, 0.1) is 5.92 Å². The molecule has 2 unspecified atom stereocenters. The van der Waals surface area contributed by atoms with Crippen LogP contribution >= 0.6 is 0 Å². The molecule has 0 spiro atoms. The van der Waals surface area contributed by atoms with E-state index in [1.165, 1.54) is 0 Å². The molecule has 0 saturated carbocycles. The van der Waals surface area contributed by atoms with Crippen molar-refractivity contribution in [3.8, 4) is 0 Å². The van der Waals surface area contributed by atoms with Crippen LogP contribution in [-0.4, -0.2) is 22.7 Å². The smallest absolute Gasteiger partial charge is 0.309 e. The predicted molar refractivity (Wildman–Crippen MR) is 70.8 cm³/mol. The third kappa shape index (κ3) is 2.19. The maximum atomic E-state index is 11.4. The van der Waals surface area contributed by atoms with Gasteiger partial charge in [-0.25, -0.2) is 0 Å². The van der Waals surface area contributed by atoms with E-state index in [1.807, 2.05) is 30.3 Å². The number of benzene rings is 1. The van der Waals surface area contributed by atoms with Gasteiger partial charge in [0.1, 0.15) is 0 Å². The molecule has 1 saturated heterocycles. The Balaban J connectivity index is 2.09. The van der Waals surface area contributed by atoms with Crippen LogP contribution in [0.25, 0.3) is 10.9 Å². The summed E-state index contributed by atoms with van der Waals surface area (Å²) in [6.07, 6.45) is 2.81. The van der Waals surface area contributed by atoms with Crippen molar-refractivity contribution in [3.63, 3.8) is 0 Å². The van der Waals surface area contributed by atoms with Crippen molar-refractivity contribution in [2.75, 3.05) is 6.61 Å². The number of hydrogen-bond donors (Lipinski definition) is 1. The van der Waals surface area contributed by atoms with Gasteiger partial charge in [0.05, 0.1) is 17.5 Å². The Labute approximate surface area is 111 Å². The van der Waals surface area contributed by atoms with Gasteiger partial charge in [0.25, 0.3) is 0 Å². The fraction of sp³-hybridized carbons (Fsp3) is 0.333. The number of carbonyl (C=O) groups is 1. The summed E-state index contributed by atoms with van der Waals surface area (Å²) in [7, 11) is 0. The lowest BCUT2D eigenvalue weighted by Gasteiger charge is -2.29. The summed E-state index contributed by atoms with van der Waals surface area (Å²) in [5.41, 5.74) is 1.80. The first-order valence-corrected chi connectivity index (χ1v) is 6.45. The summed E-state index contributed by atoms with van der Waals surface area (Å²) < 4.78 is 5.74. The van der Waals surface area contributed by atoms with Crippen LogP contribution in [0.4, 0.5) is 0 Å². The lowest BCUT2D eigenvalue weighted by atomic mass is 9.88. The predicted octanol–water partition coefficient (Wildman–Crippen LogP) is 2.79. The highest BCUT2D eigenvalue weighted by atomic mass is 16.5. The minimum atomic E-state index is -0.786. The zero-order valence-corrected chi connectivity index (χ0v) is 10.5. The Bertz CT molecular complexity index is 606. The highest BCUT2D eigenvalue weighted by Crippen LogP contribution is 2.36. The van der Waals surface area contributed by atoms with Crippen LogP contribution in [0.1, 0.15) is 24.5 Å². The number of ether oxygens (including phenoxy) is 1. The van der Waals surface area contributed by atoms with Gasteiger partial charge in [-0.2, -0.15) is 0 Å². The number of nitrogens with zero attached hydrogens (tertiary/aromatic N) is 1. The van der Waals surface area contributed by atoms with Crippen molar-refractivity contribution in [2.45, 2.75) is 18.9 Å². The van der Waals surface area contributed by atoms with Crippen molar-refractivity contribution < 1.29 is 14.6 Å². The highest BCUT2D eigenvalue weighted by molar-refractivity contribution is 5.83. The number of fused-ring (bicyclic) bond motifs is 1. The third-order valence-electron chi connectivity index (χ3n) is 3.63. The Morgan fingerprint density at radius 2 is 2.16 bits per heavy atom. The lowest BCUT2D eigenvalue weighted by molar-refractivity contribution is -0.151. The van der Waals surface area contributed by atoms with Crippen LogP contribution in [0.5, 0.6) is 0 Å². The zero-order chi connectivity index (χ0) is 13.2. The largest absolute Gasteiger partial charge is 0.481 e. The van der Waals surface area contributed by atoms with Crippen molar-refractivity contribution in [3.05, 3.63) is 42.1 Å². The fourth-order valence-electron chi connectivity index (χ4n) is 2.71. The van der Waals surface area contributed by atoms with Gasteiger partial charge in [-0.05, 0) is 30.5 Å². The summed E-state index contributed by atoms with van der Waals surface area (Å²) in [6.45, 7) is 0.616. The van der Waals surface area contributed by atoms with Gasteiger partial charge >= 0.3 is 5.97 Å². The lowest BCUT2D eigenvalue weighted by Crippen LogP contribution is -2.29. The molecular weight excluding hydrogens is 242 g/mol. The van der Waals surface area contributed by atoms with E-state index in [2.05, 4.69) is 4.98 Å². The molecule has 0 bridgehead atoms. The zero-order valence-electron chi connectivity index (χ0n) is 10.5. The molecule has 1 aliphatic heterocycles. The monoisotopic (exact) mass is 257 g/mol. The van der Waals surface area contributed by atoms with Crippen molar-refractivity contribution in [1.82, 2.24) is 4.98 Å². The van der Waals surface area contributed by atoms with E-state index in [4.69, 9.17) is 4.74 Å². The van der Waals surface area contributed by atoms with E-state index in [-0.39, 0.29) is 6.10 Å². The molecule has 4 nitrogen and oxygen atoms in total. The van der Waals surface area contributed by atoms with E-state index in [9.17, 15) is 9.90 Å². The first-order chi connectivity index (χ1) is 9.27. The number of carboxylic acid groups (broad SMARTS) is 1. The van der Waals surface area contributed by atoms with Crippen molar-refractivity contribution in [2.24, 2.45) is 5.92 Å². The normalized spacial score (nSPS) is 23.4. The Hall–Kier alpha value is -1.94. The molecule has 4 heteroatoms. The van der Waals surface area contributed by atoms with E-state index in [0.717, 1.165) is 22.9 Å². The first kappa shape index (κ1) is 12.1. The molecule has 2 atom stereocenters. The molecule has 1 aromatic carbocycles. The number of rotatable bonds is 2. The Morgan fingerprint density at radius 3 is 3.00 bits per heavy atom. The van der Waals surface area contributed by atoms with Gasteiger partial charge in [-0.15, -0.1) is 0 Å². The van der Waals surface area contributed by atoms with Gasteiger partial charge in [0, 0.05) is 18.2 Å². The maximum Gasteiger partial charge on any atom is 0.309 e. The molecule has 0 radical (unpaired) electrons. The molecule has 1 N–H and O–H groups in total. The highest BCUT2D eigenvalue weighted by Gasteiger charge is 2.33. The molecule has 2 aromatic rings.